The fourth-order valence-corrected chi connectivity index (χ4v) is 3.08. The SMILES string of the molecule is Cc1ccc(N2C(=O)NC(=O)[C@H](C=NC[C@H]3CCCO3)C2=O)c(C)c1. The van der Waals surface area contributed by atoms with Crippen LogP contribution in [0.25, 0.3) is 0 Å². The number of nitrogens with zero attached hydrogens (tertiary/aromatic N) is 2. The number of urea groups is 1. The number of hydrogen-bond acceptors (Lipinski definition) is 5. The lowest BCUT2D eigenvalue weighted by atomic mass is 10.0. The zero-order chi connectivity index (χ0) is 18.0. The quantitative estimate of drug-likeness (QED) is 0.666. The highest BCUT2D eigenvalue weighted by molar-refractivity contribution is 6.32. The Bertz CT molecular complexity index is 738. The Morgan fingerprint density at radius 3 is 2.80 bits per heavy atom. The van der Waals surface area contributed by atoms with Gasteiger partial charge in [0, 0.05) is 12.8 Å². The van der Waals surface area contributed by atoms with Crippen LogP contribution in [0.15, 0.2) is 23.2 Å². The largest absolute Gasteiger partial charge is 0.376 e. The number of rotatable bonds is 4. The Labute approximate surface area is 146 Å². The molecule has 0 radical (unpaired) electrons. The summed E-state index contributed by atoms with van der Waals surface area (Å²) in [5, 5.41) is 2.23. The van der Waals surface area contributed by atoms with Gasteiger partial charge in [-0.05, 0) is 38.3 Å². The van der Waals surface area contributed by atoms with Crippen molar-refractivity contribution < 1.29 is 19.1 Å². The van der Waals surface area contributed by atoms with E-state index in [2.05, 4.69) is 10.3 Å². The minimum atomic E-state index is -1.11. The number of hydrogen-bond donors (Lipinski definition) is 1. The van der Waals surface area contributed by atoms with Crippen molar-refractivity contribution in [2.75, 3.05) is 18.1 Å². The van der Waals surface area contributed by atoms with E-state index in [0.717, 1.165) is 35.5 Å². The van der Waals surface area contributed by atoms with E-state index in [1.54, 1.807) is 6.07 Å². The predicted molar refractivity (Wildman–Crippen MR) is 92.8 cm³/mol. The van der Waals surface area contributed by atoms with Crippen molar-refractivity contribution in [3.63, 3.8) is 0 Å². The molecule has 2 heterocycles. The van der Waals surface area contributed by atoms with Crippen molar-refractivity contribution in [1.29, 1.82) is 0 Å². The maximum atomic E-state index is 12.7. The normalized spacial score (nSPS) is 24.2. The van der Waals surface area contributed by atoms with Gasteiger partial charge in [-0.25, -0.2) is 9.69 Å². The molecule has 7 nitrogen and oxygen atoms in total. The number of imide groups is 2. The van der Waals surface area contributed by atoms with E-state index < -0.39 is 23.8 Å². The van der Waals surface area contributed by atoms with Gasteiger partial charge in [-0.1, -0.05) is 17.7 Å². The van der Waals surface area contributed by atoms with Crippen LogP contribution in [-0.4, -0.2) is 43.3 Å². The summed E-state index contributed by atoms with van der Waals surface area (Å²) in [4.78, 5) is 42.2. The van der Waals surface area contributed by atoms with Crippen molar-refractivity contribution >= 4 is 29.7 Å². The number of aliphatic imine (C=N–C) groups is 1. The lowest BCUT2D eigenvalue weighted by Crippen LogP contribution is -2.58. The minimum Gasteiger partial charge on any atom is -0.376 e. The van der Waals surface area contributed by atoms with Gasteiger partial charge >= 0.3 is 6.03 Å². The highest BCUT2D eigenvalue weighted by atomic mass is 16.5. The number of aryl methyl sites for hydroxylation is 2. The van der Waals surface area contributed by atoms with Gasteiger partial charge in [0.05, 0.1) is 18.3 Å². The lowest BCUT2D eigenvalue weighted by molar-refractivity contribution is -0.131. The highest BCUT2D eigenvalue weighted by Crippen LogP contribution is 2.25. The Morgan fingerprint density at radius 2 is 2.12 bits per heavy atom. The molecular formula is C18H21N3O4. The topological polar surface area (TPSA) is 88.1 Å². The molecule has 0 bridgehead atoms. The van der Waals surface area contributed by atoms with E-state index in [9.17, 15) is 14.4 Å². The first-order chi connectivity index (χ1) is 12.0. The van der Waals surface area contributed by atoms with Crippen molar-refractivity contribution in [1.82, 2.24) is 5.32 Å². The molecule has 1 N–H and O–H groups in total. The Morgan fingerprint density at radius 1 is 1.32 bits per heavy atom. The molecule has 7 heteroatoms. The number of benzene rings is 1. The van der Waals surface area contributed by atoms with Gasteiger partial charge in [0.25, 0.3) is 5.91 Å². The van der Waals surface area contributed by atoms with Crippen molar-refractivity contribution in [2.24, 2.45) is 10.9 Å². The van der Waals surface area contributed by atoms with Gasteiger partial charge in [-0.3, -0.25) is 19.9 Å². The first-order valence-corrected chi connectivity index (χ1v) is 8.35. The summed E-state index contributed by atoms with van der Waals surface area (Å²) in [5.74, 6) is -2.34. The first kappa shape index (κ1) is 17.3. The standard InChI is InChI=1S/C18H21N3O4/c1-11-5-6-15(12(2)8-11)21-17(23)14(16(22)20-18(21)24)10-19-9-13-4-3-7-25-13/h5-6,8,10,13-14H,3-4,7,9H2,1-2H3,(H,20,22,24)/t13-,14+/m1/s1. The maximum absolute atomic E-state index is 12.7. The smallest absolute Gasteiger partial charge is 0.335 e. The molecule has 0 spiro atoms. The van der Waals surface area contributed by atoms with Gasteiger partial charge in [0.15, 0.2) is 5.92 Å². The Balaban J connectivity index is 1.80. The van der Waals surface area contributed by atoms with Crippen LogP contribution in [0.4, 0.5) is 10.5 Å². The van der Waals surface area contributed by atoms with Crippen molar-refractivity contribution in [2.45, 2.75) is 32.8 Å². The number of carbonyl (C=O) groups is 3. The maximum Gasteiger partial charge on any atom is 0.335 e. The summed E-state index contributed by atoms with van der Waals surface area (Å²) >= 11 is 0. The molecule has 3 rings (SSSR count). The average molecular weight is 343 g/mol. The van der Waals surface area contributed by atoms with E-state index in [1.165, 1.54) is 6.21 Å². The zero-order valence-corrected chi connectivity index (χ0v) is 14.3. The Hall–Kier alpha value is -2.54. The number of ether oxygens (including phenoxy) is 1. The minimum absolute atomic E-state index is 0.0371. The molecule has 0 aliphatic carbocycles. The highest BCUT2D eigenvalue weighted by Gasteiger charge is 2.40. The lowest BCUT2D eigenvalue weighted by Gasteiger charge is -2.29. The molecule has 2 saturated heterocycles. The molecule has 2 fully saturated rings. The van der Waals surface area contributed by atoms with E-state index in [4.69, 9.17) is 4.74 Å². The summed E-state index contributed by atoms with van der Waals surface area (Å²) in [6.45, 7) is 4.88. The van der Waals surface area contributed by atoms with Crippen LogP contribution >= 0.6 is 0 Å². The third kappa shape index (κ3) is 3.61. The van der Waals surface area contributed by atoms with Gasteiger partial charge in [-0.2, -0.15) is 0 Å². The predicted octanol–water partition coefficient (Wildman–Crippen LogP) is 1.75. The third-order valence-corrected chi connectivity index (χ3v) is 4.38. The molecule has 1 aromatic carbocycles. The van der Waals surface area contributed by atoms with Crippen molar-refractivity contribution in [3.05, 3.63) is 29.3 Å². The fourth-order valence-electron chi connectivity index (χ4n) is 3.08. The molecule has 0 saturated carbocycles. The van der Waals surface area contributed by atoms with Gasteiger partial charge in [-0.15, -0.1) is 0 Å². The molecule has 0 unspecified atom stereocenters. The molecule has 4 amide bonds. The van der Waals surface area contributed by atoms with E-state index in [0.29, 0.717) is 12.2 Å². The summed E-state index contributed by atoms with van der Waals surface area (Å²) in [6.07, 6.45) is 3.28. The van der Waals surface area contributed by atoms with Gasteiger partial charge < -0.3 is 4.74 Å². The number of nitrogens with one attached hydrogen (secondary N) is 1. The van der Waals surface area contributed by atoms with Crippen LogP contribution < -0.4 is 10.2 Å². The molecule has 25 heavy (non-hydrogen) atoms. The number of amides is 4. The Kier molecular flexibility index (Phi) is 4.94. The van der Waals surface area contributed by atoms with E-state index in [1.807, 2.05) is 26.0 Å². The van der Waals surface area contributed by atoms with E-state index in [-0.39, 0.29) is 6.10 Å². The van der Waals surface area contributed by atoms with Crippen LogP contribution in [0.3, 0.4) is 0 Å². The van der Waals surface area contributed by atoms with Crippen LogP contribution in [0.1, 0.15) is 24.0 Å². The average Bonchev–Trinajstić information content (AvgIpc) is 3.05. The van der Waals surface area contributed by atoms with Crippen LogP contribution in [0.5, 0.6) is 0 Å². The molecule has 0 aromatic heterocycles. The fraction of sp³-hybridized carbons (Fsp3) is 0.444. The summed E-state index contributed by atoms with van der Waals surface area (Å²) < 4.78 is 5.47. The van der Waals surface area contributed by atoms with E-state index >= 15 is 0 Å². The van der Waals surface area contributed by atoms with Crippen LogP contribution in [0, 0.1) is 19.8 Å². The molecule has 2 aliphatic heterocycles. The van der Waals surface area contributed by atoms with Gasteiger partial charge in [0.2, 0.25) is 5.91 Å². The molecule has 132 valence electrons. The molecule has 1 aromatic rings. The van der Waals surface area contributed by atoms with Crippen LogP contribution in [0.2, 0.25) is 0 Å². The summed E-state index contributed by atoms with van der Waals surface area (Å²) in [6, 6.07) is 4.68. The van der Waals surface area contributed by atoms with Gasteiger partial charge in [0.1, 0.15) is 0 Å². The monoisotopic (exact) mass is 343 g/mol. The third-order valence-electron chi connectivity index (χ3n) is 4.38. The first-order valence-electron chi connectivity index (χ1n) is 8.35. The summed E-state index contributed by atoms with van der Waals surface area (Å²) in [5.41, 5.74) is 2.28. The molecular weight excluding hydrogens is 322 g/mol. The number of carbonyl (C=O) groups excluding carboxylic acids is 3. The second-order valence-electron chi connectivity index (χ2n) is 6.38. The zero-order valence-electron chi connectivity index (χ0n) is 14.3. The second kappa shape index (κ2) is 7.14. The molecule has 2 aliphatic rings. The number of anilines is 1. The summed E-state index contributed by atoms with van der Waals surface area (Å²) in [7, 11) is 0. The second-order valence-corrected chi connectivity index (χ2v) is 6.38. The molecule has 2 atom stereocenters. The van der Waals surface area contributed by atoms with Crippen molar-refractivity contribution in [3.8, 4) is 0 Å². The number of barbiturate groups is 1. The van der Waals surface area contributed by atoms with Crippen LogP contribution in [-0.2, 0) is 14.3 Å².